The van der Waals surface area contributed by atoms with Gasteiger partial charge in [-0.25, -0.2) is 9.59 Å². The first kappa shape index (κ1) is 11.2. The second-order valence-electron chi connectivity index (χ2n) is 1.81. The molecule has 0 atom stereocenters. The van der Waals surface area contributed by atoms with Crippen LogP contribution in [0.5, 0.6) is 0 Å². The SMILES string of the molecule is O=C(O)c1cc(=O)[nH]c(=O)[nH]1.[H-].[Na+]. The number of aromatic nitrogens is 2. The second-order valence-corrected chi connectivity index (χ2v) is 1.81. The fraction of sp³-hybridized carbons (Fsp3) is 0. The van der Waals surface area contributed by atoms with E-state index in [0.29, 0.717) is 0 Å². The Bertz CT molecular complexity index is 370. The monoisotopic (exact) mass is 180 g/mol. The molecule has 12 heavy (non-hydrogen) atoms. The predicted molar refractivity (Wildman–Crippen MR) is 35.8 cm³/mol. The number of rotatable bonds is 1. The van der Waals surface area contributed by atoms with Gasteiger partial charge in [0.25, 0.3) is 5.56 Å². The third kappa shape index (κ3) is 2.65. The quantitative estimate of drug-likeness (QED) is 0.382. The summed E-state index contributed by atoms with van der Waals surface area (Å²) in [6.45, 7) is 0. The van der Waals surface area contributed by atoms with E-state index in [1.807, 2.05) is 9.97 Å². The van der Waals surface area contributed by atoms with Crippen molar-refractivity contribution in [3.8, 4) is 0 Å². The zero-order valence-electron chi connectivity index (χ0n) is 7.25. The average Bonchev–Trinajstić information content (AvgIpc) is 1.85. The van der Waals surface area contributed by atoms with Crippen molar-refractivity contribution in [2.45, 2.75) is 0 Å². The third-order valence-corrected chi connectivity index (χ3v) is 0.991. The number of aromatic carboxylic acids is 1. The molecule has 0 fully saturated rings. The second kappa shape index (κ2) is 4.24. The van der Waals surface area contributed by atoms with Gasteiger partial charge in [0.2, 0.25) is 0 Å². The van der Waals surface area contributed by atoms with E-state index in [2.05, 4.69) is 0 Å². The fourth-order valence-electron chi connectivity index (χ4n) is 0.584. The standard InChI is InChI=1S/C5H4N2O4.Na.H/c8-3-1-2(4(9)10)6-5(11)7-3;;/h1H,(H,9,10)(H2,6,7,8,11);;/q;+1;-1. The van der Waals surface area contributed by atoms with Crippen molar-refractivity contribution in [3.63, 3.8) is 0 Å². The molecule has 3 N–H and O–H groups in total. The first-order chi connectivity index (χ1) is 5.09. The number of hydrogen-bond acceptors (Lipinski definition) is 3. The first-order valence-electron chi connectivity index (χ1n) is 2.66. The van der Waals surface area contributed by atoms with E-state index in [9.17, 15) is 14.4 Å². The maximum absolute atomic E-state index is 10.5. The molecule has 0 bridgehead atoms. The molecular formula is C5H5N2NaO4. The van der Waals surface area contributed by atoms with Gasteiger partial charge < -0.3 is 11.5 Å². The molecule has 0 spiro atoms. The van der Waals surface area contributed by atoms with E-state index in [-0.39, 0.29) is 31.0 Å². The summed E-state index contributed by atoms with van der Waals surface area (Å²) < 4.78 is 0. The van der Waals surface area contributed by atoms with E-state index in [1.165, 1.54) is 0 Å². The van der Waals surface area contributed by atoms with Crippen molar-refractivity contribution in [3.05, 3.63) is 32.6 Å². The van der Waals surface area contributed by atoms with Crippen LogP contribution < -0.4 is 40.8 Å². The number of carbonyl (C=O) groups is 1. The van der Waals surface area contributed by atoms with E-state index < -0.39 is 22.9 Å². The molecule has 0 saturated carbocycles. The van der Waals surface area contributed by atoms with Gasteiger partial charge in [-0.2, -0.15) is 0 Å². The molecule has 0 aliphatic carbocycles. The van der Waals surface area contributed by atoms with Gasteiger partial charge in [0.05, 0.1) is 0 Å². The summed E-state index contributed by atoms with van der Waals surface area (Å²) in [4.78, 5) is 34.9. The molecule has 0 unspecified atom stereocenters. The normalized spacial score (nSPS) is 8.67. The number of carboxylic acids is 1. The van der Waals surface area contributed by atoms with Crippen LogP contribution in [0.4, 0.5) is 0 Å². The summed E-state index contributed by atoms with van der Waals surface area (Å²) in [5, 5.41) is 8.31. The number of carboxylic acid groups (broad SMARTS) is 1. The largest absolute Gasteiger partial charge is 1.00 e. The molecule has 1 aromatic rings. The Hall–Kier alpha value is -0.850. The number of nitrogens with one attached hydrogen (secondary N) is 2. The molecule has 6 nitrogen and oxygen atoms in total. The van der Waals surface area contributed by atoms with Gasteiger partial charge in [-0.3, -0.25) is 9.78 Å². The van der Waals surface area contributed by atoms with Gasteiger partial charge in [-0.15, -0.1) is 0 Å². The molecule has 0 radical (unpaired) electrons. The molecule has 0 amide bonds. The topological polar surface area (TPSA) is 103 Å². The molecule has 60 valence electrons. The minimum absolute atomic E-state index is 0. The summed E-state index contributed by atoms with van der Waals surface area (Å²) in [5.74, 6) is -1.34. The Kier molecular flexibility index (Phi) is 3.94. The minimum atomic E-state index is -1.34. The van der Waals surface area contributed by atoms with Crippen LogP contribution in [0.1, 0.15) is 11.9 Å². The van der Waals surface area contributed by atoms with Crippen molar-refractivity contribution in [1.82, 2.24) is 9.97 Å². The van der Waals surface area contributed by atoms with Crippen molar-refractivity contribution >= 4 is 5.97 Å². The van der Waals surface area contributed by atoms with E-state index in [4.69, 9.17) is 5.11 Å². The molecule has 0 aliphatic heterocycles. The molecular weight excluding hydrogens is 175 g/mol. The van der Waals surface area contributed by atoms with E-state index in [0.717, 1.165) is 6.07 Å². The molecule has 1 aromatic heterocycles. The predicted octanol–water partition coefficient (Wildman–Crippen LogP) is -4.12. The molecule has 7 heteroatoms. The molecule has 1 rings (SSSR count). The summed E-state index contributed by atoms with van der Waals surface area (Å²) in [7, 11) is 0. The van der Waals surface area contributed by atoms with Gasteiger partial charge in [0.1, 0.15) is 5.69 Å². The van der Waals surface area contributed by atoms with Gasteiger partial charge in [-0.05, 0) is 0 Å². The van der Waals surface area contributed by atoms with Crippen LogP contribution in [0.15, 0.2) is 15.7 Å². The summed E-state index contributed by atoms with van der Waals surface area (Å²) in [6.07, 6.45) is 0. The maximum Gasteiger partial charge on any atom is 1.00 e. The Labute approximate surface area is 89.4 Å². The third-order valence-electron chi connectivity index (χ3n) is 0.991. The molecule has 0 aromatic carbocycles. The zero-order chi connectivity index (χ0) is 8.43. The summed E-state index contributed by atoms with van der Waals surface area (Å²) >= 11 is 0. The Morgan fingerprint density at radius 3 is 2.42 bits per heavy atom. The number of hydrogen-bond donors (Lipinski definition) is 3. The van der Waals surface area contributed by atoms with Crippen molar-refractivity contribution in [2.24, 2.45) is 0 Å². The van der Waals surface area contributed by atoms with Crippen LogP contribution in [0.2, 0.25) is 0 Å². The van der Waals surface area contributed by atoms with E-state index in [1.54, 1.807) is 0 Å². The zero-order valence-corrected chi connectivity index (χ0v) is 8.25. The molecule has 0 saturated heterocycles. The Morgan fingerprint density at radius 2 is 2.00 bits per heavy atom. The number of aromatic amines is 2. The van der Waals surface area contributed by atoms with Crippen molar-refractivity contribution in [2.75, 3.05) is 0 Å². The van der Waals surface area contributed by atoms with Crippen molar-refractivity contribution < 1.29 is 40.9 Å². The van der Waals surface area contributed by atoms with Crippen LogP contribution in [-0.2, 0) is 0 Å². The average molecular weight is 180 g/mol. The van der Waals surface area contributed by atoms with Crippen LogP contribution in [0.25, 0.3) is 0 Å². The smallest absolute Gasteiger partial charge is 1.00 e. The molecule has 1 heterocycles. The Morgan fingerprint density at radius 1 is 1.42 bits per heavy atom. The molecule has 0 aliphatic rings. The van der Waals surface area contributed by atoms with Gasteiger partial charge in [0, 0.05) is 6.07 Å². The van der Waals surface area contributed by atoms with Gasteiger partial charge in [-0.1, -0.05) is 0 Å². The summed E-state index contributed by atoms with van der Waals surface area (Å²) in [6, 6.07) is 0.795. The van der Waals surface area contributed by atoms with E-state index >= 15 is 0 Å². The fourth-order valence-corrected chi connectivity index (χ4v) is 0.584. The van der Waals surface area contributed by atoms with Crippen LogP contribution in [0.3, 0.4) is 0 Å². The van der Waals surface area contributed by atoms with Crippen LogP contribution in [-0.4, -0.2) is 21.0 Å². The van der Waals surface area contributed by atoms with Crippen molar-refractivity contribution in [1.29, 1.82) is 0 Å². The Balaban J connectivity index is 0. The van der Waals surface area contributed by atoms with Crippen LogP contribution >= 0.6 is 0 Å². The number of H-pyrrole nitrogens is 2. The summed E-state index contributed by atoms with van der Waals surface area (Å²) in [5.41, 5.74) is -1.97. The first-order valence-corrected chi connectivity index (χ1v) is 2.66. The van der Waals surface area contributed by atoms with Gasteiger partial charge >= 0.3 is 41.2 Å². The minimum Gasteiger partial charge on any atom is -1.00 e. The maximum atomic E-state index is 10.5. The van der Waals surface area contributed by atoms with Gasteiger partial charge in [0.15, 0.2) is 0 Å². The van der Waals surface area contributed by atoms with Crippen LogP contribution in [0, 0.1) is 0 Å².